The zero-order valence-electron chi connectivity index (χ0n) is 11.2. The Balaban J connectivity index is 1.88. The van der Waals surface area contributed by atoms with Gasteiger partial charge >= 0.3 is 5.97 Å². The van der Waals surface area contributed by atoms with Crippen molar-refractivity contribution >= 4 is 11.9 Å². The Hall–Kier alpha value is -1.10. The number of nitrogens with one attached hydrogen (secondary N) is 1. The summed E-state index contributed by atoms with van der Waals surface area (Å²) in [5.74, 6) is -2.03. The minimum atomic E-state index is -0.886. The van der Waals surface area contributed by atoms with Crippen molar-refractivity contribution in [2.75, 3.05) is 13.2 Å². The lowest BCUT2D eigenvalue weighted by molar-refractivity contribution is -0.140. The molecule has 2 rings (SSSR count). The largest absolute Gasteiger partial charge is 0.481 e. The van der Waals surface area contributed by atoms with Gasteiger partial charge in [0.1, 0.15) is 0 Å². The molecule has 2 aliphatic rings. The van der Waals surface area contributed by atoms with Crippen molar-refractivity contribution in [3.63, 3.8) is 0 Å². The van der Waals surface area contributed by atoms with Crippen LogP contribution < -0.4 is 5.32 Å². The molecule has 2 fully saturated rings. The zero-order valence-corrected chi connectivity index (χ0v) is 11.2. The molecule has 0 aromatic heterocycles. The van der Waals surface area contributed by atoms with Crippen molar-refractivity contribution in [1.29, 1.82) is 0 Å². The van der Waals surface area contributed by atoms with Crippen LogP contribution in [-0.4, -0.2) is 35.7 Å². The number of rotatable bonds is 4. The maximum Gasteiger partial charge on any atom is 0.307 e. The van der Waals surface area contributed by atoms with Crippen LogP contribution in [0.25, 0.3) is 0 Å². The molecule has 0 radical (unpaired) electrons. The molecule has 1 aliphatic heterocycles. The topological polar surface area (TPSA) is 75.6 Å². The minimum Gasteiger partial charge on any atom is -0.481 e. The third kappa shape index (κ3) is 2.23. The number of hydrogen-bond donors (Lipinski definition) is 2. The van der Waals surface area contributed by atoms with Crippen LogP contribution in [0.3, 0.4) is 0 Å². The number of ether oxygens (including phenoxy) is 1. The lowest BCUT2D eigenvalue weighted by Crippen LogP contribution is -2.41. The van der Waals surface area contributed by atoms with Crippen molar-refractivity contribution < 1.29 is 19.4 Å². The highest BCUT2D eigenvalue weighted by Crippen LogP contribution is 2.58. The highest BCUT2D eigenvalue weighted by Gasteiger charge is 2.65. The van der Waals surface area contributed by atoms with Gasteiger partial charge in [-0.15, -0.1) is 0 Å². The normalized spacial score (nSPS) is 37.3. The van der Waals surface area contributed by atoms with Gasteiger partial charge in [-0.1, -0.05) is 13.8 Å². The van der Waals surface area contributed by atoms with E-state index in [-0.39, 0.29) is 11.5 Å². The second kappa shape index (κ2) is 4.23. The van der Waals surface area contributed by atoms with Gasteiger partial charge in [0, 0.05) is 13.2 Å². The Morgan fingerprint density at radius 3 is 2.44 bits per heavy atom. The summed E-state index contributed by atoms with van der Waals surface area (Å²) in [6, 6.07) is 0. The monoisotopic (exact) mass is 255 g/mol. The number of aliphatic carboxylic acids is 1. The van der Waals surface area contributed by atoms with Gasteiger partial charge in [0.25, 0.3) is 0 Å². The standard InChI is InChI=1S/C13H21NO4/c1-12(2)8(9(12)11(16)17)10(15)14-7-13(3)5-4-6-18-13/h8-9H,4-7H2,1-3H3,(H,14,15)(H,16,17). The first kappa shape index (κ1) is 13.3. The van der Waals surface area contributed by atoms with E-state index in [0.717, 1.165) is 19.4 Å². The summed E-state index contributed by atoms with van der Waals surface area (Å²) in [5, 5.41) is 11.9. The molecule has 3 atom stereocenters. The number of carbonyl (C=O) groups is 2. The zero-order chi connectivity index (χ0) is 13.6. The molecule has 0 spiro atoms. The second-order valence-corrected chi connectivity index (χ2v) is 6.23. The fourth-order valence-electron chi connectivity index (χ4n) is 2.95. The highest BCUT2D eigenvalue weighted by atomic mass is 16.5. The van der Waals surface area contributed by atoms with Gasteiger partial charge < -0.3 is 15.2 Å². The fourth-order valence-corrected chi connectivity index (χ4v) is 2.95. The van der Waals surface area contributed by atoms with Crippen LogP contribution in [0.1, 0.15) is 33.6 Å². The first-order chi connectivity index (χ1) is 8.28. The molecular weight excluding hydrogens is 234 g/mol. The Morgan fingerprint density at radius 1 is 1.33 bits per heavy atom. The number of hydrogen-bond acceptors (Lipinski definition) is 3. The first-order valence-corrected chi connectivity index (χ1v) is 6.42. The van der Waals surface area contributed by atoms with Crippen LogP contribution in [0.4, 0.5) is 0 Å². The van der Waals surface area contributed by atoms with Gasteiger partial charge in [-0.3, -0.25) is 9.59 Å². The molecule has 5 heteroatoms. The van der Waals surface area contributed by atoms with E-state index in [1.807, 2.05) is 20.8 Å². The summed E-state index contributed by atoms with van der Waals surface area (Å²) in [6.45, 7) is 6.82. The number of amides is 1. The summed E-state index contributed by atoms with van der Waals surface area (Å²) in [7, 11) is 0. The van der Waals surface area contributed by atoms with Crippen molar-refractivity contribution in [3.8, 4) is 0 Å². The van der Waals surface area contributed by atoms with Crippen LogP contribution in [0.2, 0.25) is 0 Å². The Kier molecular flexibility index (Phi) is 3.13. The number of carbonyl (C=O) groups excluding carboxylic acids is 1. The van der Waals surface area contributed by atoms with Gasteiger partial charge in [-0.25, -0.2) is 0 Å². The van der Waals surface area contributed by atoms with Crippen molar-refractivity contribution in [3.05, 3.63) is 0 Å². The summed E-state index contributed by atoms with van der Waals surface area (Å²) in [6.07, 6.45) is 1.95. The Labute approximate surface area is 107 Å². The molecule has 1 amide bonds. The Bertz CT molecular complexity index is 371. The molecule has 5 nitrogen and oxygen atoms in total. The molecule has 3 unspecified atom stereocenters. The maximum absolute atomic E-state index is 12.0. The lowest BCUT2D eigenvalue weighted by Gasteiger charge is -2.23. The fraction of sp³-hybridized carbons (Fsp3) is 0.846. The summed E-state index contributed by atoms with van der Waals surface area (Å²) < 4.78 is 5.59. The third-order valence-corrected chi connectivity index (χ3v) is 4.31. The molecular formula is C13H21NO4. The summed E-state index contributed by atoms with van der Waals surface area (Å²) >= 11 is 0. The van der Waals surface area contributed by atoms with E-state index in [0.29, 0.717) is 6.54 Å². The number of carboxylic acid groups (broad SMARTS) is 1. The molecule has 0 aromatic carbocycles. The van der Waals surface area contributed by atoms with Crippen molar-refractivity contribution in [2.45, 2.75) is 39.2 Å². The minimum absolute atomic E-state index is 0.163. The summed E-state index contributed by atoms with van der Waals surface area (Å²) in [5.41, 5.74) is -0.721. The lowest BCUT2D eigenvalue weighted by atomic mass is 10.0. The van der Waals surface area contributed by atoms with Crippen LogP contribution in [0.15, 0.2) is 0 Å². The van der Waals surface area contributed by atoms with Crippen LogP contribution in [0, 0.1) is 17.3 Å². The third-order valence-electron chi connectivity index (χ3n) is 4.31. The van der Waals surface area contributed by atoms with Crippen molar-refractivity contribution in [2.24, 2.45) is 17.3 Å². The molecule has 0 bridgehead atoms. The molecule has 1 saturated heterocycles. The van der Waals surface area contributed by atoms with E-state index in [2.05, 4.69) is 5.32 Å². The molecule has 2 N–H and O–H groups in total. The van der Waals surface area contributed by atoms with Gasteiger partial charge in [0.2, 0.25) is 5.91 Å². The van der Waals surface area contributed by atoms with Gasteiger partial charge in [-0.05, 0) is 25.2 Å². The van der Waals surface area contributed by atoms with E-state index in [1.54, 1.807) is 0 Å². The van der Waals surface area contributed by atoms with Crippen molar-refractivity contribution in [1.82, 2.24) is 5.32 Å². The first-order valence-electron chi connectivity index (χ1n) is 6.42. The van der Waals surface area contributed by atoms with E-state index in [9.17, 15) is 9.59 Å². The van der Waals surface area contributed by atoms with Gasteiger partial charge in [0.15, 0.2) is 0 Å². The number of carboxylic acids is 1. The smallest absolute Gasteiger partial charge is 0.307 e. The van der Waals surface area contributed by atoms with E-state index < -0.39 is 23.2 Å². The predicted octanol–water partition coefficient (Wildman–Crippen LogP) is 1.03. The van der Waals surface area contributed by atoms with Crippen LogP contribution in [0.5, 0.6) is 0 Å². The molecule has 18 heavy (non-hydrogen) atoms. The average molecular weight is 255 g/mol. The molecule has 102 valence electrons. The average Bonchev–Trinajstić information content (AvgIpc) is 2.64. The highest BCUT2D eigenvalue weighted by molar-refractivity contribution is 5.91. The second-order valence-electron chi connectivity index (χ2n) is 6.23. The van der Waals surface area contributed by atoms with E-state index >= 15 is 0 Å². The molecule has 1 heterocycles. The van der Waals surface area contributed by atoms with Crippen LogP contribution >= 0.6 is 0 Å². The van der Waals surface area contributed by atoms with Gasteiger partial charge in [-0.2, -0.15) is 0 Å². The van der Waals surface area contributed by atoms with Crippen LogP contribution in [-0.2, 0) is 14.3 Å². The predicted molar refractivity (Wildman–Crippen MR) is 65.0 cm³/mol. The Morgan fingerprint density at radius 2 is 2.00 bits per heavy atom. The molecule has 1 saturated carbocycles. The maximum atomic E-state index is 12.0. The molecule has 1 aliphatic carbocycles. The quantitative estimate of drug-likeness (QED) is 0.786. The molecule has 0 aromatic rings. The van der Waals surface area contributed by atoms with Gasteiger partial charge in [0.05, 0.1) is 17.4 Å². The SMILES string of the molecule is CC1(CNC(=O)C2C(C(=O)O)C2(C)C)CCCO1. The van der Waals surface area contributed by atoms with E-state index in [4.69, 9.17) is 9.84 Å². The van der Waals surface area contributed by atoms with E-state index in [1.165, 1.54) is 0 Å². The summed E-state index contributed by atoms with van der Waals surface area (Å²) in [4.78, 5) is 23.0.